The van der Waals surface area contributed by atoms with E-state index in [9.17, 15) is 18.4 Å². The molecule has 4 aromatic rings. The highest BCUT2D eigenvalue weighted by molar-refractivity contribution is 6.12. The molecule has 0 unspecified atom stereocenters. The van der Waals surface area contributed by atoms with Crippen molar-refractivity contribution in [1.29, 1.82) is 0 Å². The molecular weight excluding hydrogens is 407 g/mol. The normalized spacial score (nSPS) is 11.0. The summed E-state index contributed by atoms with van der Waals surface area (Å²) >= 11 is 0. The van der Waals surface area contributed by atoms with Crippen LogP contribution in [0.4, 0.5) is 13.2 Å². The number of carbonyl (C=O) groups excluding carboxylic acids is 2. The van der Waals surface area contributed by atoms with Crippen molar-refractivity contribution in [1.82, 2.24) is 5.32 Å². The molecule has 1 heterocycles. The zero-order valence-electron chi connectivity index (χ0n) is 16.6. The molecule has 1 amide bonds. The summed E-state index contributed by atoms with van der Waals surface area (Å²) in [7, 11) is 1.39. The molecule has 0 spiro atoms. The first-order valence-electron chi connectivity index (χ1n) is 9.34. The maximum absolute atomic E-state index is 15.7. The highest BCUT2D eigenvalue weighted by atomic mass is 19.1. The van der Waals surface area contributed by atoms with Gasteiger partial charge in [0, 0.05) is 23.7 Å². The molecule has 0 saturated carbocycles. The minimum atomic E-state index is -0.793. The van der Waals surface area contributed by atoms with Crippen LogP contribution in [-0.2, 0) is 0 Å². The van der Waals surface area contributed by atoms with Crippen molar-refractivity contribution < 1.29 is 27.2 Å². The van der Waals surface area contributed by atoms with Crippen LogP contribution in [0.25, 0.3) is 33.4 Å². The van der Waals surface area contributed by atoms with Crippen molar-refractivity contribution in [2.24, 2.45) is 0 Å². The zero-order valence-corrected chi connectivity index (χ0v) is 16.6. The lowest BCUT2D eigenvalue weighted by Crippen LogP contribution is -2.18. The minimum Gasteiger partial charge on any atom is -0.455 e. The highest BCUT2D eigenvalue weighted by Gasteiger charge is 2.26. The van der Waals surface area contributed by atoms with Gasteiger partial charge in [0.15, 0.2) is 0 Å². The van der Waals surface area contributed by atoms with E-state index in [0.717, 1.165) is 6.07 Å². The number of halogens is 3. The van der Waals surface area contributed by atoms with Crippen molar-refractivity contribution in [3.63, 3.8) is 0 Å². The second-order valence-electron chi connectivity index (χ2n) is 6.99. The fourth-order valence-corrected chi connectivity index (χ4v) is 3.55. The van der Waals surface area contributed by atoms with Gasteiger partial charge in [-0.15, -0.1) is 0 Å². The number of benzene rings is 3. The van der Waals surface area contributed by atoms with Crippen LogP contribution in [0.2, 0.25) is 0 Å². The van der Waals surface area contributed by atoms with E-state index in [-0.39, 0.29) is 44.5 Å². The lowest BCUT2D eigenvalue weighted by atomic mass is 9.95. The summed E-state index contributed by atoms with van der Waals surface area (Å²) in [5.41, 5.74) is 0.855. The smallest absolute Gasteiger partial charge is 0.255 e. The van der Waals surface area contributed by atoms with Crippen molar-refractivity contribution in [2.75, 3.05) is 7.05 Å². The first-order chi connectivity index (χ1) is 14.8. The predicted octanol–water partition coefficient (Wildman–Crippen LogP) is 5.66. The van der Waals surface area contributed by atoms with Crippen LogP contribution in [-0.4, -0.2) is 19.2 Å². The van der Waals surface area contributed by atoms with Crippen LogP contribution in [0.1, 0.15) is 26.3 Å². The molecule has 0 aliphatic rings. The molecule has 0 aliphatic heterocycles. The van der Waals surface area contributed by atoms with E-state index in [4.69, 9.17) is 4.42 Å². The van der Waals surface area contributed by atoms with Gasteiger partial charge in [-0.25, -0.2) is 13.2 Å². The molecular formula is C24H16F3NO3. The van der Waals surface area contributed by atoms with E-state index in [0.29, 0.717) is 11.8 Å². The third kappa shape index (κ3) is 3.38. The Hall–Kier alpha value is -3.87. The Morgan fingerprint density at radius 3 is 2.35 bits per heavy atom. The third-order valence-corrected chi connectivity index (χ3v) is 5.15. The molecule has 1 N–H and O–H groups in total. The number of carbonyl (C=O) groups is 2. The van der Waals surface area contributed by atoms with Crippen molar-refractivity contribution in [3.05, 3.63) is 82.7 Å². The predicted molar refractivity (Wildman–Crippen MR) is 110 cm³/mol. The zero-order chi connectivity index (χ0) is 22.3. The lowest BCUT2D eigenvalue weighted by molar-refractivity contribution is 0.0964. The van der Waals surface area contributed by atoms with Crippen LogP contribution in [0.3, 0.4) is 0 Å². The SMILES string of the molecule is CNC(=O)c1c(-c2ccc(F)cc2)oc2ccc(-c3cc(C=O)cc(F)c3C)c(F)c12. The summed E-state index contributed by atoms with van der Waals surface area (Å²) in [5, 5.41) is 2.37. The Kier molecular flexibility index (Phi) is 5.10. The lowest BCUT2D eigenvalue weighted by Gasteiger charge is -2.10. The van der Waals surface area contributed by atoms with Crippen LogP contribution < -0.4 is 5.32 Å². The topological polar surface area (TPSA) is 59.3 Å². The highest BCUT2D eigenvalue weighted by Crippen LogP contribution is 2.39. The van der Waals surface area contributed by atoms with Gasteiger partial charge < -0.3 is 9.73 Å². The molecule has 3 aromatic carbocycles. The Morgan fingerprint density at radius 2 is 1.71 bits per heavy atom. The number of aldehydes is 1. The quantitative estimate of drug-likeness (QED) is 0.431. The van der Waals surface area contributed by atoms with Gasteiger partial charge in [-0.05, 0) is 66.6 Å². The number of hydrogen-bond donors (Lipinski definition) is 1. The Morgan fingerprint density at radius 1 is 1.00 bits per heavy atom. The Bertz CT molecular complexity index is 1340. The molecule has 0 fully saturated rings. The van der Waals surface area contributed by atoms with Gasteiger partial charge in [0.2, 0.25) is 0 Å². The van der Waals surface area contributed by atoms with E-state index in [1.807, 2.05) is 0 Å². The standard InChI is InChI=1S/C24H16F3NO3/c1-12-17(9-13(11-29)10-18(12)26)16-7-8-19-20(22(16)27)21(24(30)28-2)23(31-19)14-3-5-15(25)6-4-14/h3-11H,1-2H3,(H,28,30). The van der Waals surface area contributed by atoms with E-state index in [2.05, 4.69) is 5.32 Å². The second kappa shape index (κ2) is 7.75. The molecule has 4 nitrogen and oxygen atoms in total. The number of nitrogens with one attached hydrogen (secondary N) is 1. The summed E-state index contributed by atoms with van der Waals surface area (Å²) in [6, 6.07) is 10.6. The van der Waals surface area contributed by atoms with Crippen molar-refractivity contribution >= 4 is 23.2 Å². The van der Waals surface area contributed by atoms with E-state index < -0.39 is 23.4 Å². The van der Waals surface area contributed by atoms with E-state index >= 15 is 4.39 Å². The third-order valence-electron chi connectivity index (χ3n) is 5.15. The van der Waals surface area contributed by atoms with Gasteiger partial charge in [0.1, 0.15) is 35.1 Å². The van der Waals surface area contributed by atoms with E-state index in [1.165, 1.54) is 56.4 Å². The first-order valence-corrected chi connectivity index (χ1v) is 9.34. The van der Waals surface area contributed by atoms with Crippen LogP contribution in [0.5, 0.6) is 0 Å². The van der Waals surface area contributed by atoms with Gasteiger partial charge in [0.05, 0.1) is 10.9 Å². The van der Waals surface area contributed by atoms with Gasteiger partial charge in [-0.2, -0.15) is 0 Å². The second-order valence-corrected chi connectivity index (χ2v) is 6.99. The summed E-state index contributed by atoms with van der Waals surface area (Å²) < 4.78 is 49.1. The van der Waals surface area contributed by atoms with Gasteiger partial charge in [-0.3, -0.25) is 9.59 Å². The molecule has 0 radical (unpaired) electrons. The first kappa shape index (κ1) is 20.4. The number of rotatable bonds is 4. The monoisotopic (exact) mass is 423 g/mol. The molecule has 0 saturated heterocycles. The summed E-state index contributed by atoms with van der Waals surface area (Å²) in [6.45, 7) is 1.47. The fraction of sp³-hybridized carbons (Fsp3) is 0.0833. The fourth-order valence-electron chi connectivity index (χ4n) is 3.55. The molecule has 4 rings (SSSR count). The molecule has 31 heavy (non-hydrogen) atoms. The molecule has 1 aromatic heterocycles. The minimum absolute atomic E-state index is 0.0178. The molecule has 7 heteroatoms. The Balaban J connectivity index is 2.04. The largest absolute Gasteiger partial charge is 0.455 e. The molecule has 0 atom stereocenters. The average Bonchev–Trinajstić information content (AvgIpc) is 3.16. The van der Waals surface area contributed by atoms with Crippen LogP contribution in [0, 0.1) is 24.4 Å². The van der Waals surface area contributed by atoms with Crippen LogP contribution >= 0.6 is 0 Å². The van der Waals surface area contributed by atoms with Gasteiger partial charge in [0.25, 0.3) is 5.91 Å². The Labute approximate surface area is 175 Å². The average molecular weight is 423 g/mol. The summed E-state index contributed by atoms with van der Waals surface area (Å²) in [5.74, 6) is -2.43. The summed E-state index contributed by atoms with van der Waals surface area (Å²) in [6.07, 6.45) is 0.475. The maximum atomic E-state index is 15.7. The maximum Gasteiger partial charge on any atom is 0.255 e. The van der Waals surface area contributed by atoms with E-state index in [1.54, 1.807) is 0 Å². The number of fused-ring (bicyclic) bond motifs is 1. The van der Waals surface area contributed by atoms with Gasteiger partial charge in [-0.1, -0.05) is 0 Å². The summed E-state index contributed by atoms with van der Waals surface area (Å²) in [4.78, 5) is 23.8. The van der Waals surface area contributed by atoms with Gasteiger partial charge >= 0.3 is 0 Å². The van der Waals surface area contributed by atoms with Crippen LogP contribution in [0.15, 0.2) is 52.9 Å². The molecule has 0 bridgehead atoms. The number of hydrogen-bond acceptors (Lipinski definition) is 3. The van der Waals surface area contributed by atoms with Crippen molar-refractivity contribution in [2.45, 2.75) is 6.92 Å². The van der Waals surface area contributed by atoms with Crippen molar-refractivity contribution in [3.8, 4) is 22.5 Å². The molecule has 0 aliphatic carbocycles. The number of amides is 1. The molecule has 156 valence electrons. The number of furan rings is 1.